The summed E-state index contributed by atoms with van der Waals surface area (Å²) in [6.07, 6.45) is 1.48. The number of nitrogens with two attached hydrogens (primary N) is 1. The van der Waals surface area contributed by atoms with Crippen molar-refractivity contribution in [3.63, 3.8) is 0 Å². The summed E-state index contributed by atoms with van der Waals surface area (Å²) in [6, 6.07) is 13.8. The van der Waals surface area contributed by atoms with Gasteiger partial charge in [-0.05, 0) is 55.7 Å². The van der Waals surface area contributed by atoms with Crippen molar-refractivity contribution in [1.82, 2.24) is 4.90 Å². The highest BCUT2D eigenvalue weighted by Gasteiger charge is 2.25. The summed E-state index contributed by atoms with van der Waals surface area (Å²) in [4.78, 5) is 14.3. The first-order chi connectivity index (χ1) is 14.0. The van der Waals surface area contributed by atoms with Crippen molar-refractivity contribution in [2.75, 3.05) is 19.7 Å². The maximum atomic E-state index is 11.4. The van der Waals surface area contributed by atoms with E-state index in [4.69, 9.17) is 27.4 Å². The first kappa shape index (κ1) is 21.6. The van der Waals surface area contributed by atoms with Gasteiger partial charge in [0.05, 0.1) is 6.61 Å². The Morgan fingerprint density at radius 1 is 1.14 bits per heavy atom. The van der Waals surface area contributed by atoms with Gasteiger partial charge in [-0.1, -0.05) is 40.3 Å². The molecule has 0 radical (unpaired) electrons. The van der Waals surface area contributed by atoms with Gasteiger partial charge in [-0.15, -0.1) is 0 Å². The molecule has 1 aliphatic heterocycles. The summed E-state index contributed by atoms with van der Waals surface area (Å²) in [5.74, 6) is 1.09. The molecule has 7 heteroatoms. The summed E-state index contributed by atoms with van der Waals surface area (Å²) in [5, 5.41) is 0. The van der Waals surface area contributed by atoms with E-state index in [9.17, 15) is 4.79 Å². The first-order valence-corrected chi connectivity index (χ1v) is 10.9. The molecule has 1 aliphatic rings. The maximum absolute atomic E-state index is 11.4. The zero-order valence-electron chi connectivity index (χ0n) is 16.4. The van der Waals surface area contributed by atoms with Crippen molar-refractivity contribution >= 4 is 39.0 Å². The fourth-order valence-corrected chi connectivity index (χ4v) is 3.89. The van der Waals surface area contributed by atoms with Crippen LogP contribution in [0.5, 0.6) is 11.5 Å². The number of benzene rings is 2. The van der Waals surface area contributed by atoms with Gasteiger partial charge in [-0.2, -0.15) is 0 Å². The zero-order valence-corrected chi connectivity index (χ0v) is 18.8. The van der Waals surface area contributed by atoms with E-state index in [0.29, 0.717) is 24.7 Å². The molecule has 0 spiro atoms. The van der Waals surface area contributed by atoms with E-state index >= 15 is 0 Å². The van der Waals surface area contributed by atoms with Crippen LogP contribution in [0, 0.1) is 5.92 Å². The molecular weight excluding hydrogens is 452 g/mol. The fourth-order valence-electron chi connectivity index (χ4n) is 3.32. The largest absolute Gasteiger partial charge is 0.490 e. The van der Waals surface area contributed by atoms with E-state index in [1.165, 1.54) is 0 Å². The molecule has 0 aromatic heterocycles. The van der Waals surface area contributed by atoms with Gasteiger partial charge in [-0.25, -0.2) is 0 Å². The second kappa shape index (κ2) is 10.1. The second-order valence-electron chi connectivity index (χ2n) is 6.98. The van der Waals surface area contributed by atoms with E-state index < -0.39 is 0 Å². The van der Waals surface area contributed by atoms with Gasteiger partial charge in [0, 0.05) is 29.0 Å². The number of halogens is 1. The lowest BCUT2D eigenvalue weighted by Gasteiger charge is -2.32. The van der Waals surface area contributed by atoms with Gasteiger partial charge in [-0.3, -0.25) is 4.79 Å². The number of primary amides is 1. The van der Waals surface area contributed by atoms with Crippen LogP contribution in [0.1, 0.15) is 30.9 Å². The van der Waals surface area contributed by atoms with Crippen LogP contribution >= 0.6 is 28.1 Å². The maximum Gasteiger partial charge on any atom is 0.220 e. The molecule has 154 valence electrons. The summed E-state index contributed by atoms with van der Waals surface area (Å²) >= 11 is 9.13. The van der Waals surface area contributed by atoms with Crippen LogP contribution in [-0.2, 0) is 11.4 Å². The van der Waals surface area contributed by atoms with Crippen molar-refractivity contribution < 1.29 is 14.3 Å². The molecule has 0 bridgehead atoms. The zero-order chi connectivity index (χ0) is 20.8. The molecule has 2 N–H and O–H groups in total. The number of carbonyl (C=O) groups is 1. The number of amides is 1. The number of thiocarbonyl (C=S) groups is 1. The molecule has 0 atom stereocenters. The Hall–Kier alpha value is -2.12. The van der Waals surface area contributed by atoms with E-state index in [1.807, 2.05) is 49.4 Å². The van der Waals surface area contributed by atoms with Gasteiger partial charge < -0.3 is 20.1 Å². The Morgan fingerprint density at radius 3 is 2.45 bits per heavy atom. The number of carbonyl (C=O) groups excluding carboxylic acids is 1. The monoisotopic (exact) mass is 476 g/mol. The van der Waals surface area contributed by atoms with Crippen molar-refractivity contribution in [2.45, 2.75) is 26.4 Å². The SMILES string of the molecule is CCOc1cc(C(=S)N2CCC(C(N)=O)CC2)ccc1OCc1ccc(Br)cc1. The summed E-state index contributed by atoms with van der Waals surface area (Å²) < 4.78 is 12.8. The van der Waals surface area contributed by atoms with E-state index in [2.05, 4.69) is 20.8 Å². The third kappa shape index (κ3) is 5.70. The number of piperidine rings is 1. The molecule has 29 heavy (non-hydrogen) atoms. The number of nitrogens with zero attached hydrogens (tertiary/aromatic N) is 1. The van der Waals surface area contributed by atoms with Gasteiger partial charge in [0.25, 0.3) is 0 Å². The molecular formula is C22H25BrN2O3S. The molecule has 2 aromatic carbocycles. The molecule has 0 aliphatic carbocycles. The summed E-state index contributed by atoms with van der Waals surface area (Å²) in [7, 11) is 0. The molecule has 1 amide bonds. The minimum absolute atomic E-state index is 0.0533. The number of likely N-dealkylation sites (tertiary alicyclic amines) is 1. The molecule has 1 fully saturated rings. The number of ether oxygens (including phenoxy) is 2. The van der Waals surface area contributed by atoms with Gasteiger partial charge >= 0.3 is 0 Å². The smallest absolute Gasteiger partial charge is 0.220 e. The Balaban J connectivity index is 1.69. The van der Waals surface area contributed by atoms with Gasteiger partial charge in [0.15, 0.2) is 11.5 Å². The van der Waals surface area contributed by atoms with E-state index in [1.54, 1.807) is 0 Å². The fraction of sp³-hybridized carbons (Fsp3) is 0.364. The summed E-state index contributed by atoms with van der Waals surface area (Å²) in [6.45, 7) is 4.40. The molecule has 2 aromatic rings. The Bertz CT molecular complexity index is 865. The lowest BCUT2D eigenvalue weighted by Crippen LogP contribution is -2.41. The number of hydrogen-bond donors (Lipinski definition) is 1. The lowest BCUT2D eigenvalue weighted by molar-refractivity contribution is -0.122. The topological polar surface area (TPSA) is 64.8 Å². The van der Waals surface area contributed by atoms with Crippen molar-refractivity contribution in [1.29, 1.82) is 0 Å². The van der Waals surface area contributed by atoms with Gasteiger partial charge in [0.2, 0.25) is 5.91 Å². The Labute approximate surface area is 185 Å². The van der Waals surface area contributed by atoms with Crippen LogP contribution in [0.4, 0.5) is 0 Å². The van der Waals surface area contributed by atoms with Gasteiger partial charge in [0.1, 0.15) is 11.6 Å². The minimum Gasteiger partial charge on any atom is -0.490 e. The number of rotatable bonds is 7. The van der Waals surface area contributed by atoms with Crippen molar-refractivity contribution in [2.24, 2.45) is 11.7 Å². The van der Waals surface area contributed by atoms with Crippen LogP contribution < -0.4 is 15.2 Å². The quantitative estimate of drug-likeness (QED) is 0.603. The van der Waals surface area contributed by atoms with Crippen molar-refractivity contribution in [3.05, 3.63) is 58.1 Å². The molecule has 0 saturated carbocycles. The van der Waals surface area contributed by atoms with Crippen molar-refractivity contribution in [3.8, 4) is 11.5 Å². The van der Waals surface area contributed by atoms with E-state index in [-0.39, 0.29) is 11.8 Å². The lowest BCUT2D eigenvalue weighted by atomic mass is 9.96. The third-order valence-corrected chi connectivity index (χ3v) is 6.01. The average molecular weight is 477 g/mol. The highest BCUT2D eigenvalue weighted by molar-refractivity contribution is 9.10. The number of hydrogen-bond acceptors (Lipinski definition) is 4. The van der Waals surface area contributed by atoms with Crippen LogP contribution in [0.15, 0.2) is 46.9 Å². The highest BCUT2D eigenvalue weighted by Crippen LogP contribution is 2.31. The normalized spacial score (nSPS) is 14.5. The van der Waals surface area contributed by atoms with Crippen LogP contribution in [0.25, 0.3) is 0 Å². The van der Waals surface area contributed by atoms with E-state index in [0.717, 1.165) is 46.5 Å². The molecule has 3 rings (SSSR count). The third-order valence-electron chi connectivity index (χ3n) is 4.98. The Kier molecular flexibility index (Phi) is 7.50. The molecule has 5 nitrogen and oxygen atoms in total. The predicted molar refractivity (Wildman–Crippen MR) is 121 cm³/mol. The standard InChI is InChI=1S/C22H25BrN2O3S/c1-2-27-20-13-17(22(29)25-11-9-16(10-12-25)21(24)26)5-8-19(20)28-14-15-3-6-18(23)7-4-15/h3-8,13,16H,2,9-12,14H2,1H3,(H2,24,26). The predicted octanol–water partition coefficient (Wildman–Crippen LogP) is 4.30. The van der Waals surface area contributed by atoms with Crippen LogP contribution in [0.2, 0.25) is 0 Å². The summed E-state index contributed by atoms with van der Waals surface area (Å²) in [5.41, 5.74) is 7.41. The Morgan fingerprint density at radius 2 is 1.83 bits per heavy atom. The second-order valence-corrected chi connectivity index (χ2v) is 8.28. The molecule has 1 heterocycles. The molecule has 1 saturated heterocycles. The average Bonchev–Trinajstić information content (AvgIpc) is 2.73. The minimum atomic E-state index is -0.221. The van der Waals surface area contributed by atoms with Crippen LogP contribution in [-0.4, -0.2) is 35.5 Å². The van der Waals surface area contributed by atoms with Crippen LogP contribution in [0.3, 0.4) is 0 Å². The highest BCUT2D eigenvalue weighted by atomic mass is 79.9. The first-order valence-electron chi connectivity index (χ1n) is 9.70. The molecule has 0 unspecified atom stereocenters.